The van der Waals surface area contributed by atoms with Crippen molar-refractivity contribution in [1.82, 2.24) is 10.3 Å². The molecular formula is C13H21N3O3S. The lowest BCUT2D eigenvalue weighted by Gasteiger charge is -2.27. The van der Waals surface area contributed by atoms with Gasteiger partial charge in [0.1, 0.15) is 6.04 Å². The smallest absolute Gasteiger partial charge is 0.326 e. The fraction of sp³-hybridized carbons (Fsp3) is 0.615. The van der Waals surface area contributed by atoms with Crippen molar-refractivity contribution >= 4 is 28.5 Å². The lowest BCUT2D eigenvalue weighted by Crippen LogP contribution is -2.50. The number of aliphatic carboxylic acids is 1. The van der Waals surface area contributed by atoms with Crippen molar-refractivity contribution in [2.45, 2.75) is 46.6 Å². The first kappa shape index (κ1) is 16.4. The Morgan fingerprint density at radius 1 is 1.35 bits per heavy atom. The second-order valence-electron chi connectivity index (χ2n) is 5.97. The molecule has 0 aliphatic heterocycles. The number of thiazole rings is 1. The highest BCUT2D eigenvalue weighted by molar-refractivity contribution is 7.13. The number of nitrogens with one attached hydrogen (secondary N) is 2. The van der Waals surface area contributed by atoms with Gasteiger partial charge in [-0.25, -0.2) is 14.6 Å². The number of urea groups is 1. The van der Waals surface area contributed by atoms with E-state index in [4.69, 9.17) is 5.11 Å². The zero-order valence-corrected chi connectivity index (χ0v) is 13.2. The molecule has 6 nitrogen and oxygen atoms in total. The van der Waals surface area contributed by atoms with Gasteiger partial charge in [-0.2, -0.15) is 0 Å². The zero-order chi connectivity index (χ0) is 15.5. The molecule has 0 bridgehead atoms. The Kier molecular flexibility index (Phi) is 5.10. The van der Waals surface area contributed by atoms with Crippen molar-refractivity contribution in [2.24, 2.45) is 5.41 Å². The third-order valence-corrected chi connectivity index (χ3v) is 3.50. The third kappa shape index (κ3) is 4.48. The molecule has 0 fully saturated rings. The summed E-state index contributed by atoms with van der Waals surface area (Å²) >= 11 is 1.32. The first-order chi connectivity index (χ1) is 9.11. The average molecular weight is 299 g/mol. The first-order valence-corrected chi connectivity index (χ1v) is 7.25. The highest BCUT2D eigenvalue weighted by atomic mass is 32.1. The van der Waals surface area contributed by atoms with Crippen LogP contribution in [0.25, 0.3) is 0 Å². The molecule has 1 aromatic heterocycles. The minimum Gasteiger partial charge on any atom is -0.480 e. The maximum atomic E-state index is 11.8. The molecule has 0 spiro atoms. The Labute approximate surface area is 122 Å². The highest BCUT2D eigenvalue weighted by Gasteiger charge is 2.32. The van der Waals surface area contributed by atoms with Gasteiger partial charge in [0, 0.05) is 5.38 Å². The molecular weight excluding hydrogens is 278 g/mol. The fourth-order valence-electron chi connectivity index (χ4n) is 1.52. The van der Waals surface area contributed by atoms with E-state index in [9.17, 15) is 9.59 Å². The minimum absolute atomic E-state index is 0.284. The number of rotatable bonds is 4. The number of carboxylic acids is 1. The number of nitrogens with zero attached hydrogens (tertiary/aromatic N) is 1. The van der Waals surface area contributed by atoms with Crippen LogP contribution in [0.15, 0.2) is 5.38 Å². The van der Waals surface area contributed by atoms with Gasteiger partial charge in [-0.15, -0.1) is 11.3 Å². The number of anilines is 1. The maximum Gasteiger partial charge on any atom is 0.326 e. The lowest BCUT2D eigenvalue weighted by molar-refractivity contribution is -0.141. The molecule has 20 heavy (non-hydrogen) atoms. The maximum absolute atomic E-state index is 11.8. The van der Waals surface area contributed by atoms with Gasteiger partial charge in [-0.1, -0.05) is 34.6 Å². The highest BCUT2D eigenvalue weighted by Crippen LogP contribution is 2.22. The molecule has 7 heteroatoms. The van der Waals surface area contributed by atoms with Gasteiger partial charge in [0.15, 0.2) is 5.13 Å². The summed E-state index contributed by atoms with van der Waals surface area (Å²) < 4.78 is 0. The van der Waals surface area contributed by atoms with E-state index in [1.54, 1.807) is 20.8 Å². The quantitative estimate of drug-likeness (QED) is 0.797. The largest absolute Gasteiger partial charge is 0.480 e. The van der Waals surface area contributed by atoms with Crippen LogP contribution in [0.3, 0.4) is 0 Å². The van der Waals surface area contributed by atoms with E-state index >= 15 is 0 Å². The minimum atomic E-state index is -1.06. The van der Waals surface area contributed by atoms with Crippen molar-refractivity contribution in [3.8, 4) is 0 Å². The predicted molar refractivity (Wildman–Crippen MR) is 79.2 cm³/mol. The van der Waals surface area contributed by atoms with Gasteiger partial charge >= 0.3 is 12.0 Å². The predicted octanol–water partition coefficient (Wildman–Crippen LogP) is 2.89. The van der Waals surface area contributed by atoms with Crippen molar-refractivity contribution in [2.75, 3.05) is 5.32 Å². The van der Waals surface area contributed by atoms with Crippen LogP contribution in [-0.2, 0) is 4.79 Å². The molecule has 1 rings (SSSR count). The van der Waals surface area contributed by atoms with Gasteiger partial charge in [0.25, 0.3) is 0 Å². The zero-order valence-electron chi connectivity index (χ0n) is 12.4. The molecule has 1 atom stereocenters. The molecule has 0 aromatic carbocycles. The second kappa shape index (κ2) is 6.21. The summed E-state index contributed by atoms with van der Waals surface area (Å²) in [7, 11) is 0. The van der Waals surface area contributed by atoms with Gasteiger partial charge in [-0.05, 0) is 11.3 Å². The molecule has 0 saturated heterocycles. The first-order valence-electron chi connectivity index (χ1n) is 6.37. The van der Waals surface area contributed by atoms with Gasteiger partial charge in [0.05, 0.1) is 5.69 Å². The Bertz CT molecular complexity index is 491. The van der Waals surface area contributed by atoms with Gasteiger partial charge in [-0.3, -0.25) is 5.32 Å². The summed E-state index contributed by atoms with van der Waals surface area (Å²) in [6, 6.07) is -1.52. The van der Waals surface area contributed by atoms with Crippen molar-refractivity contribution < 1.29 is 14.7 Å². The van der Waals surface area contributed by atoms with Crippen LogP contribution in [-0.4, -0.2) is 28.1 Å². The Morgan fingerprint density at radius 2 is 1.95 bits per heavy atom. The number of amides is 2. The molecule has 112 valence electrons. The molecule has 3 N–H and O–H groups in total. The Hall–Kier alpha value is -1.63. The summed E-state index contributed by atoms with van der Waals surface area (Å²) in [4.78, 5) is 27.3. The van der Waals surface area contributed by atoms with Crippen LogP contribution in [0, 0.1) is 5.41 Å². The molecule has 2 amide bonds. The van der Waals surface area contributed by atoms with Crippen LogP contribution in [0.4, 0.5) is 9.93 Å². The number of hydrogen-bond donors (Lipinski definition) is 3. The number of hydrogen-bond acceptors (Lipinski definition) is 4. The third-order valence-electron chi connectivity index (χ3n) is 2.72. The van der Waals surface area contributed by atoms with E-state index < -0.39 is 23.5 Å². The summed E-state index contributed by atoms with van der Waals surface area (Å²) in [6.45, 7) is 9.29. The van der Waals surface area contributed by atoms with Gasteiger partial charge in [0.2, 0.25) is 0 Å². The van der Waals surface area contributed by atoms with E-state index in [0.29, 0.717) is 5.13 Å². The summed E-state index contributed by atoms with van der Waals surface area (Å²) in [5, 5.41) is 16.5. The van der Waals surface area contributed by atoms with E-state index in [1.807, 2.05) is 19.2 Å². The van der Waals surface area contributed by atoms with Crippen molar-refractivity contribution in [3.63, 3.8) is 0 Å². The molecule has 0 radical (unpaired) electrons. The van der Waals surface area contributed by atoms with Crippen LogP contribution >= 0.6 is 11.3 Å². The second-order valence-corrected chi connectivity index (χ2v) is 6.83. The number of carboxylic acid groups (broad SMARTS) is 1. The van der Waals surface area contributed by atoms with Crippen LogP contribution in [0.1, 0.15) is 46.2 Å². The summed E-state index contributed by atoms with van der Waals surface area (Å²) in [5.41, 5.74) is 0.325. The van der Waals surface area contributed by atoms with E-state index in [2.05, 4.69) is 15.6 Å². The normalized spacial score (nSPS) is 13.1. The summed E-state index contributed by atoms with van der Waals surface area (Å²) in [5.74, 6) is -0.777. The van der Waals surface area contributed by atoms with Crippen LogP contribution in [0.5, 0.6) is 0 Å². The van der Waals surface area contributed by atoms with E-state index in [-0.39, 0.29) is 5.92 Å². The van der Waals surface area contributed by atoms with Crippen molar-refractivity contribution in [1.29, 1.82) is 0 Å². The van der Waals surface area contributed by atoms with Gasteiger partial charge < -0.3 is 10.4 Å². The van der Waals surface area contributed by atoms with E-state index in [1.165, 1.54) is 11.3 Å². The Balaban J connectivity index is 2.68. The van der Waals surface area contributed by atoms with Crippen LogP contribution in [0.2, 0.25) is 0 Å². The molecule has 0 aliphatic rings. The lowest BCUT2D eigenvalue weighted by atomic mass is 9.87. The molecule has 1 heterocycles. The Morgan fingerprint density at radius 3 is 2.35 bits per heavy atom. The molecule has 0 unspecified atom stereocenters. The SMILES string of the molecule is CC(C)c1csc(NC(=O)N[C@@H](C(=O)O)C(C)(C)C)n1. The molecule has 1 aromatic rings. The number of aromatic nitrogens is 1. The average Bonchev–Trinajstić information content (AvgIpc) is 2.72. The molecule has 0 aliphatic carbocycles. The number of carbonyl (C=O) groups is 2. The number of carbonyl (C=O) groups excluding carboxylic acids is 1. The summed E-state index contributed by atoms with van der Waals surface area (Å²) in [6.07, 6.45) is 0. The van der Waals surface area contributed by atoms with Crippen molar-refractivity contribution in [3.05, 3.63) is 11.1 Å². The van der Waals surface area contributed by atoms with Crippen LogP contribution < -0.4 is 10.6 Å². The standard InChI is InChI=1S/C13H21N3O3S/c1-7(2)8-6-20-12(14-8)16-11(19)15-9(10(17)18)13(3,4)5/h6-7,9H,1-5H3,(H,17,18)(H2,14,15,16,19)/t9-/m0/s1. The molecule has 0 saturated carbocycles. The topological polar surface area (TPSA) is 91.3 Å². The monoisotopic (exact) mass is 299 g/mol. The fourth-order valence-corrected chi connectivity index (χ4v) is 2.39. The van der Waals surface area contributed by atoms with E-state index in [0.717, 1.165) is 5.69 Å².